The molecule has 0 aliphatic carbocycles. The summed E-state index contributed by atoms with van der Waals surface area (Å²) >= 11 is 0. The molecule has 2 aromatic heterocycles. The molecule has 0 atom stereocenters. The lowest BCUT2D eigenvalue weighted by Crippen LogP contribution is -2.29. The van der Waals surface area contributed by atoms with Crippen molar-refractivity contribution in [2.75, 3.05) is 44.7 Å². The van der Waals surface area contributed by atoms with Crippen molar-refractivity contribution in [2.24, 2.45) is 0 Å². The Balaban J connectivity index is 1.77. The number of nitrogens with zero attached hydrogens (tertiary/aromatic N) is 6. The molecule has 1 aliphatic heterocycles. The molecule has 1 aliphatic rings. The van der Waals surface area contributed by atoms with Gasteiger partial charge >= 0.3 is 0 Å². The van der Waals surface area contributed by atoms with E-state index in [1.165, 1.54) is 0 Å². The second-order valence-corrected chi connectivity index (χ2v) is 7.40. The van der Waals surface area contributed by atoms with Gasteiger partial charge in [-0.25, -0.2) is 4.68 Å². The molecule has 3 aromatic rings. The average Bonchev–Trinajstić information content (AvgIpc) is 2.89. The minimum absolute atomic E-state index is 0.662. The van der Waals surface area contributed by atoms with Crippen molar-refractivity contribution >= 4 is 16.7 Å². The van der Waals surface area contributed by atoms with Gasteiger partial charge in [0.2, 0.25) is 0 Å². The highest BCUT2D eigenvalue weighted by Gasteiger charge is 2.22. The summed E-state index contributed by atoms with van der Waals surface area (Å²) in [6, 6.07) is 8.06. The molecule has 1 saturated heterocycles. The van der Waals surface area contributed by atoms with E-state index in [4.69, 9.17) is 9.84 Å². The molecule has 0 spiro atoms. The maximum atomic E-state index is 5.56. The van der Waals surface area contributed by atoms with E-state index in [-0.39, 0.29) is 0 Å². The molecule has 7 heteroatoms. The van der Waals surface area contributed by atoms with E-state index in [2.05, 4.69) is 34.0 Å². The van der Waals surface area contributed by atoms with Crippen LogP contribution in [0.3, 0.4) is 0 Å². The van der Waals surface area contributed by atoms with Gasteiger partial charge in [-0.3, -0.25) is 0 Å². The first kappa shape index (κ1) is 18.7. The number of benzene rings is 1. The van der Waals surface area contributed by atoms with Gasteiger partial charge in [0, 0.05) is 19.6 Å². The topological polar surface area (TPSA) is 59.3 Å². The molecule has 0 unspecified atom stereocenters. The fraction of sp³-hybridized carbons (Fsp3) is 0.476. The number of aromatic nitrogens is 4. The third-order valence-corrected chi connectivity index (χ3v) is 5.40. The van der Waals surface area contributed by atoms with Gasteiger partial charge in [0.25, 0.3) is 0 Å². The van der Waals surface area contributed by atoms with E-state index in [0.29, 0.717) is 6.61 Å². The van der Waals surface area contributed by atoms with Crippen LogP contribution in [-0.2, 0) is 0 Å². The SMILES string of the molecule is CCOc1ccc(-n2nc3c(N4CCCN(C)CC4)nnc(C)c3c2C)cc1. The molecule has 3 heterocycles. The Labute approximate surface area is 165 Å². The predicted octanol–water partition coefficient (Wildman–Crippen LogP) is 2.97. The van der Waals surface area contributed by atoms with Crippen LogP contribution in [0.15, 0.2) is 24.3 Å². The first-order valence-corrected chi connectivity index (χ1v) is 9.98. The summed E-state index contributed by atoms with van der Waals surface area (Å²) in [5, 5.41) is 15.1. The third kappa shape index (κ3) is 3.42. The molecule has 148 valence electrons. The zero-order chi connectivity index (χ0) is 19.7. The number of aryl methyl sites for hydroxylation is 2. The van der Waals surface area contributed by atoms with Crippen molar-refractivity contribution in [3.8, 4) is 11.4 Å². The minimum atomic E-state index is 0.662. The lowest BCUT2D eigenvalue weighted by Gasteiger charge is -2.21. The van der Waals surface area contributed by atoms with Crippen molar-refractivity contribution in [1.82, 2.24) is 24.9 Å². The highest BCUT2D eigenvalue weighted by molar-refractivity contribution is 5.92. The molecular weight excluding hydrogens is 352 g/mol. The van der Waals surface area contributed by atoms with Gasteiger partial charge < -0.3 is 14.5 Å². The molecule has 0 N–H and O–H groups in total. The van der Waals surface area contributed by atoms with Crippen LogP contribution in [0, 0.1) is 13.8 Å². The molecule has 0 saturated carbocycles. The summed E-state index contributed by atoms with van der Waals surface area (Å²) in [7, 11) is 2.17. The number of hydrogen-bond acceptors (Lipinski definition) is 6. The zero-order valence-corrected chi connectivity index (χ0v) is 17.1. The van der Waals surface area contributed by atoms with Crippen LogP contribution in [-0.4, -0.2) is 64.7 Å². The molecule has 0 bridgehead atoms. The predicted molar refractivity (Wildman–Crippen MR) is 112 cm³/mol. The number of fused-ring (bicyclic) bond motifs is 1. The maximum Gasteiger partial charge on any atom is 0.179 e. The van der Waals surface area contributed by atoms with Crippen LogP contribution in [0.25, 0.3) is 16.6 Å². The van der Waals surface area contributed by atoms with E-state index in [1.807, 2.05) is 42.8 Å². The zero-order valence-electron chi connectivity index (χ0n) is 17.1. The Kier molecular flexibility index (Phi) is 5.17. The summed E-state index contributed by atoms with van der Waals surface area (Å²) in [6.07, 6.45) is 1.12. The molecule has 28 heavy (non-hydrogen) atoms. The highest BCUT2D eigenvalue weighted by atomic mass is 16.5. The second-order valence-electron chi connectivity index (χ2n) is 7.40. The lowest BCUT2D eigenvalue weighted by molar-refractivity contribution is 0.340. The summed E-state index contributed by atoms with van der Waals surface area (Å²) < 4.78 is 7.55. The van der Waals surface area contributed by atoms with Crippen molar-refractivity contribution in [3.63, 3.8) is 0 Å². The van der Waals surface area contributed by atoms with Crippen LogP contribution < -0.4 is 9.64 Å². The number of ether oxygens (including phenoxy) is 1. The Morgan fingerprint density at radius 3 is 2.54 bits per heavy atom. The third-order valence-electron chi connectivity index (χ3n) is 5.40. The molecular formula is C21H28N6O. The Morgan fingerprint density at radius 2 is 1.79 bits per heavy atom. The average molecular weight is 380 g/mol. The van der Waals surface area contributed by atoms with Crippen molar-refractivity contribution in [1.29, 1.82) is 0 Å². The summed E-state index contributed by atoms with van der Waals surface area (Å²) in [4.78, 5) is 4.69. The van der Waals surface area contributed by atoms with Crippen LogP contribution in [0.4, 0.5) is 5.82 Å². The highest BCUT2D eigenvalue weighted by Crippen LogP contribution is 2.30. The minimum Gasteiger partial charge on any atom is -0.494 e. The van der Waals surface area contributed by atoms with Gasteiger partial charge in [-0.2, -0.15) is 10.2 Å². The molecule has 0 amide bonds. The van der Waals surface area contributed by atoms with Crippen LogP contribution in [0.1, 0.15) is 24.7 Å². The van der Waals surface area contributed by atoms with Gasteiger partial charge in [-0.05, 0) is 65.0 Å². The van der Waals surface area contributed by atoms with Crippen LogP contribution >= 0.6 is 0 Å². The fourth-order valence-corrected chi connectivity index (χ4v) is 3.88. The van der Waals surface area contributed by atoms with Crippen molar-refractivity contribution < 1.29 is 4.74 Å². The van der Waals surface area contributed by atoms with Gasteiger partial charge in [0.05, 0.1) is 29.1 Å². The number of rotatable bonds is 4. The van der Waals surface area contributed by atoms with Crippen molar-refractivity contribution in [2.45, 2.75) is 27.2 Å². The number of likely N-dealkylation sites (N-methyl/N-ethyl adjacent to an activating group) is 1. The summed E-state index contributed by atoms with van der Waals surface area (Å²) in [6.45, 7) is 10.8. The van der Waals surface area contributed by atoms with Crippen LogP contribution in [0.5, 0.6) is 5.75 Å². The molecule has 1 aromatic carbocycles. The summed E-state index contributed by atoms with van der Waals surface area (Å²) in [5.41, 5.74) is 3.95. The Bertz CT molecular complexity index is 965. The van der Waals surface area contributed by atoms with Gasteiger partial charge in [0.15, 0.2) is 5.82 Å². The quantitative estimate of drug-likeness (QED) is 0.694. The molecule has 4 rings (SSSR count). The first-order valence-electron chi connectivity index (χ1n) is 9.98. The number of hydrogen-bond donors (Lipinski definition) is 0. The number of anilines is 1. The molecule has 7 nitrogen and oxygen atoms in total. The van der Waals surface area contributed by atoms with E-state index < -0.39 is 0 Å². The van der Waals surface area contributed by atoms with E-state index in [0.717, 1.165) is 72.1 Å². The maximum absolute atomic E-state index is 5.56. The standard InChI is InChI=1S/C21H28N6O/c1-5-28-18-9-7-17(8-10-18)27-16(3)19-15(2)22-23-21(20(19)24-27)26-12-6-11-25(4)13-14-26/h7-10H,5-6,11-14H2,1-4H3. The van der Waals surface area contributed by atoms with E-state index in [1.54, 1.807) is 0 Å². The largest absolute Gasteiger partial charge is 0.494 e. The lowest BCUT2D eigenvalue weighted by atomic mass is 10.2. The van der Waals surface area contributed by atoms with Crippen molar-refractivity contribution in [3.05, 3.63) is 35.7 Å². The monoisotopic (exact) mass is 380 g/mol. The van der Waals surface area contributed by atoms with Gasteiger partial charge in [-0.1, -0.05) is 0 Å². The van der Waals surface area contributed by atoms with Gasteiger partial charge in [-0.15, -0.1) is 5.10 Å². The fourth-order valence-electron chi connectivity index (χ4n) is 3.88. The van der Waals surface area contributed by atoms with Gasteiger partial charge in [0.1, 0.15) is 11.3 Å². The van der Waals surface area contributed by atoms with E-state index >= 15 is 0 Å². The Hall–Kier alpha value is -2.67. The van der Waals surface area contributed by atoms with Crippen LogP contribution in [0.2, 0.25) is 0 Å². The Morgan fingerprint density at radius 1 is 1.00 bits per heavy atom. The van der Waals surface area contributed by atoms with E-state index in [9.17, 15) is 0 Å². The smallest absolute Gasteiger partial charge is 0.179 e. The molecule has 1 fully saturated rings. The first-order chi connectivity index (χ1) is 13.6. The normalized spacial score (nSPS) is 15.8. The summed E-state index contributed by atoms with van der Waals surface area (Å²) in [5.74, 6) is 1.76. The second kappa shape index (κ2) is 7.75. The molecule has 0 radical (unpaired) electrons.